The molecule has 1 amide bonds. The number of ether oxygens (including phenoxy) is 2. The standard InChI is InChI=1S/C17H17N3O7/c18-8-7-16(22)19-14-9-11(1-6-15(14)21)10-26-17(23)27-13-4-2-12(3-5-13)20(24)25/h1-6,9,21H,7-8,10,18H2,(H,19,22). The zero-order chi connectivity index (χ0) is 19.8. The number of aromatic hydroxyl groups is 1. The molecule has 142 valence electrons. The number of hydrogen-bond donors (Lipinski definition) is 3. The van der Waals surface area contributed by atoms with Gasteiger partial charge in [0.2, 0.25) is 5.91 Å². The summed E-state index contributed by atoms with van der Waals surface area (Å²) in [5.74, 6) is -0.410. The highest BCUT2D eigenvalue weighted by Gasteiger charge is 2.11. The number of rotatable bonds is 7. The Bertz CT molecular complexity index is 837. The van der Waals surface area contributed by atoms with Crippen molar-refractivity contribution in [2.45, 2.75) is 13.0 Å². The fraction of sp³-hybridized carbons (Fsp3) is 0.176. The van der Waals surface area contributed by atoms with Crippen LogP contribution in [0.25, 0.3) is 0 Å². The van der Waals surface area contributed by atoms with Crippen LogP contribution in [0.1, 0.15) is 12.0 Å². The minimum Gasteiger partial charge on any atom is -0.506 e. The molecule has 27 heavy (non-hydrogen) atoms. The number of nitro benzene ring substituents is 1. The molecule has 2 aromatic carbocycles. The number of nitrogens with zero attached hydrogens (tertiary/aromatic N) is 1. The first-order valence-corrected chi connectivity index (χ1v) is 7.80. The Labute approximate surface area is 153 Å². The Hall–Kier alpha value is -3.66. The highest BCUT2D eigenvalue weighted by atomic mass is 16.7. The molecule has 0 bridgehead atoms. The van der Waals surface area contributed by atoms with Gasteiger partial charge in [0.1, 0.15) is 18.1 Å². The number of carbonyl (C=O) groups excluding carboxylic acids is 2. The number of anilines is 1. The number of nitrogens with two attached hydrogens (primary N) is 1. The molecule has 0 aromatic heterocycles. The smallest absolute Gasteiger partial charge is 0.506 e. The van der Waals surface area contributed by atoms with Crippen LogP contribution in [0, 0.1) is 10.1 Å². The summed E-state index contributed by atoms with van der Waals surface area (Å²) in [6, 6.07) is 9.22. The topological polar surface area (TPSA) is 154 Å². The molecule has 0 radical (unpaired) electrons. The Balaban J connectivity index is 1.92. The van der Waals surface area contributed by atoms with Gasteiger partial charge in [0.15, 0.2) is 0 Å². The Morgan fingerprint density at radius 3 is 2.52 bits per heavy atom. The van der Waals surface area contributed by atoms with Crippen molar-refractivity contribution in [3.63, 3.8) is 0 Å². The number of hydrogen-bond acceptors (Lipinski definition) is 8. The highest BCUT2D eigenvalue weighted by molar-refractivity contribution is 5.92. The number of carbonyl (C=O) groups is 2. The van der Waals surface area contributed by atoms with E-state index < -0.39 is 11.1 Å². The second kappa shape index (κ2) is 9.15. The number of nitro groups is 1. The largest absolute Gasteiger partial charge is 0.514 e. The summed E-state index contributed by atoms with van der Waals surface area (Å²) in [5, 5.41) is 22.8. The second-order valence-electron chi connectivity index (χ2n) is 5.33. The Morgan fingerprint density at radius 1 is 1.19 bits per heavy atom. The molecule has 0 aliphatic carbocycles. The van der Waals surface area contributed by atoms with Gasteiger partial charge in [-0.3, -0.25) is 14.9 Å². The van der Waals surface area contributed by atoms with Crippen LogP contribution in [0.4, 0.5) is 16.2 Å². The van der Waals surface area contributed by atoms with E-state index >= 15 is 0 Å². The second-order valence-corrected chi connectivity index (χ2v) is 5.33. The summed E-state index contributed by atoms with van der Waals surface area (Å²) < 4.78 is 9.85. The number of phenolic OH excluding ortho intramolecular Hbond substituents is 1. The van der Waals surface area contributed by atoms with E-state index in [0.29, 0.717) is 5.56 Å². The average molecular weight is 375 g/mol. The normalized spacial score (nSPS) is 10.1. The van der Waals surface area contributed by atoms with Crippen LogP contribution in [0.3, 0.4) is 0 Å². The van der Waals surface area contributed by atoms with Crippen molar-refractivity contribution in [1.29, 1.82) is 0 Å². The molecular weight excluding hydrogens is 358 g/mol. The minimum atomic E-state index is -1.01. The van der Waals surface area contributed by atoms with E-state index in [9.17, 15) is 24.8 Å². The predicted molar refractivity (Wildman–Crippen MR) is 94.3 cm³/mol. The van der Waals surface area contributed by atoms with Crippen molar-refractivity contribution in [3.05, 3.63) is 58.1 Å². The van der Waals surface area contributed by atoms with Crippen LogP contribution in [0.2, 0.25) is 0 Å². The third-order valence-electron chi connectivity index (χ3n) is 3.31. The zero-order valence-corrected chi connectivity index (χ0v) is 14.1. The summed E-state index contributed by atoms with van der Waals surface area (Å²) in [5.41, 5.74) is 5.82. The van der Waals surface area contributed by atoms with Crippen LogP contribution in [-0.4, -0.2) is 28.6 Å². The van der Waals surface area contributed by atoms with E-state index in [4.69, 9.17) is 15.2 Å². The van der Waals surface area contributed by atoms with Gasteiger partial charge >= 0.3 is 6.16 Å². The van der Waals surface area contributed by atoms with Gasteiger partial charge in [-0.25, -0.2) is 4.79 Å². The van der Waals surface area contributed by atoms with E-state index in [1.807, 2.05) is 0 Å². The fourth-order valence-electron chi connectivity index (χ4n) is 2.02. The summed E-state index contributed by atoms with van der Waals surface area (Å²) in [7, 11) is 0. The number of non-ortho nitro benzene ring substituents is 1. The lowest BCUT2D eigenvalue weighted by atomic mass is 10.2. The molecule has 0 saturated carbocycles. The first kappa shape index (κ1) is 19.7. The predicted octanol–water partition coefficient (Wildman–Crippen LogP) is 2.30. The van der Waals surface area contributed by atoms with Crippen LogP contribution in [-0.2, 0) is 16.1 Å². The molecule has 0 aliphatic rings. The van der Waals surface area contributed by atoms with Crippen LogP contribution < -0.4 is 15.8 Å². The molecule has 0 spiro atoms. The first-order chi connectivity index (χ1) is 12.9. The third kappa shape index (κ3) is 5.97. The zero-order valence-electron chi connectivity index (χ0n) is 14.1. The summed E-state index contributed by atoms with van der Waals surface area (Å²) in [6.45, 7) is -0.00423. The van der Waals surface area contributed by atoms with Gasteiger partial charge in [-0.1, -0.05) is 6.07 Å². The monoisotopic (exact) mass is 375 g/mol. The molecule has 0 saturated heterocycles. The molecule has 0 atom stereocenters. The van der Waals surface area contributed by atoms with E-state index in [-0.39, 0.29) is 48.4 Å². The summed E-state index contributed by atoms with van der Waals surface area (Å²) in [4.78, 5) is 33.3. The van der Waals surface area contributed by atoms with Crippen molar-refractivity contribution in [2.24, 2.45) is 5.73 Å². The van der Waals surface area contributed by atoms with E-state index in [0.717, 1.165) is 0 Å². The number of nitrogens with one attached hydrogen (secondary N) is 1. The van der Waals surface area contributed by atoms with Gasteiger partial charge in [0, 0.05) is 25.1 Å². The number of benzene rings is 2. The molecule has 0 heterocycles. The van der Waals surface area contributed by atoms with Crippen molar-refractivity contribution in [3.8, 4) is 11.5 Å². The molecular formula is C17H17N3O7. The number of phenols is 1. The minimum absolute atomic E-state index is 0.0889. The lowest BCUT2D eigenvalue weighted by molar-refractivity contribution is -0.384. The van der Waals surface area contributed by atoms with Gasteiger partial charge in [0.25, 0.3) is 5.69 Å². The SMILES string of the molecule is NCCC(=O)Nc1cc(COC(=O)Oc2ccc([N+](=O)[O-])cc2)ccc1O. The first-order valence-electron chi connectivity index (χ1n) is 7.80. The van der Waals surface area contributed by atoms with E-state index in [1.54, 1.807) is 0 Å². The lowest BCUT2D eigenvalue weighted by Crippen LogP contribution is -2.16. The molecule has 4 N–H and O–H groups in total. The number of amides is 1. The van der Waals surface area contributed by atoms with Gasteiger partial charge in [-0.15, -0.1) is 0 Å². The summed E-state index contributed by atoms with van der Waals surface area (Å²) >= 11 is 0. The van der Waals surface area contributed by atoms with Gasteiger partial charge < -0.3 is 25.6 Å². The van der Waals surface area contributed by atoms with Crippen LogP contribution in [0.5, 0.6) is 11.5 Å². The van der Waals surface area contributed by atoms with Gasteiger partial charge in [-0.2, -0.15) is 0 Å². The molecule has 0 fully saturated rings. The molecule has 2 rings (SSSR count). The molecule has 0 unspecified atom stereocenters. The maximum atomic E-state index is 11.7. The van der Waals surface area contributed by atoms with E-state index in [1.165, 1.54) is 42.5 Å². The third-order valence-corrected chi connectivity index (χ3v) is 3.31. The van der Waals surface area contributed by atoms with Crippen molar-refractivity contribution >= 4 is 23.4 Å². The van der Waals surface area contributed by atoms with Crippen molar-refractivity contribution < 1.29 is 29.1 Å². The summed E-state index contributed by atoms with van der Waals surface area (Å²) in [6.07, 6.45) is -0.910. The maximum Gasteiger partial charge on any atom is 0.514 e. The maximum absolute atomic E-state index is 11.7. The lowest BCUT2D eigenvalue weighted by Gasteiger charge is -2.10. The quantitative estimate of drug-likeness (QED) is 0.219. The van der Waals surface area contributed by atoms with Crippen molar-refractivity contribution in [1.82, 2.24) is 0 Å². The van der Waals surface area contributed by atoms with Gasteiger partial charge in [0.05, 0.1) is 10.6 Å². The Kier molecular flexibility index (Phi) is 6.67. The molecule has 10 heteroatoms. The molecule has 0 aliphatic heterocycles. The molecule has 10 nitrogen and oxygen atoms in total. The van der Waals surface area contributed by atoms with Crippen LogP contribution >= 0.6 is 0 Å². The van der Waals surface area contributed by atoms with Crippen molar-refractivity contribution in [2.75, 3.05) is 11.9 Å². The van der Waals surface area contributed by atoms with Gasteiger partial charge in [-0.05, 0) is 29.8 Å². The fourth-order valence-corrected chi connectivity index (χ4v) is 2.02. The van der Waals surface area contributed by atoms with Crippen LogP contribution in [0.15, 0.2) is 42.5 Å². The average Bonchev–Trinajstić information content (AvgIpc) is 2.63. The molecule has 2 aromatic rings. The highest BCUT2D eigenvalue weighted by Crippen LogP contribution is 2.25. The van der Waals surface area contributed by atoms with E-state index in [2.05, 4.69) is 5.32 Å². The Morgan fingerprint density at radius 2 is 1.89 bits per heavy atom.